The summed E-state index contributed by atoms with van der Waals surface area (Å²) in [6.07, 6.45) is 2.45. The maximum absolute atomic E-state index is 12.2. The number of aryl methyl sites for hydroxylation is 2. The Kier molecular flexibility index (Phi) is 3.96. The number of nitrogens with one attached hydrogen (secondary N) is 1. The van der Waals surface area contributed by atoms with Crippen LogP contribution in [0.2, 0.25) is 0 Å². The molecule has 3 nitrogen and oxygen atoms in total. The van der Waals surface area contributed by atoms with E-state index in [1.807, 2.05) is 37.5 Å². The summed E-state index contributed by atoms with van der Waals surface area (Å²) in [5, 5.41) is 4.15. The number of para-hydroxylation sites is 1. The Bertz CT molecular complexity index is 817. The fourth-order valence-corrected chi connectivity index (χ4v) is 2.82. The minimum Gasteiger partial charge on any atom is -0.352 e. The van der Waals surface area contributed by atoms with Crippen LogP contribution >= 0.6 is 0 Å². The number of hydrogen-bond acceptors (Lipinski definition) is 1. The number of fused-ring (bicyclic) bond motifs is 1. The first kappa shape index (κ1) is 14.4. The van der Waals surface area contributed by atoms with Gasteiger partial charge in [-0.1, -0.05) is 48.0 Å². The molecule has 0 aliphatic carbocycles. The van der Waals surface area contributed by atoms with Gasteiger partial charge in [-0.2, -0.15) is 0 Å². The number of benzene rings is 2. The number of carbonyl (C=O) groups excluding carboxylic acids is 1. The maximum atomic E-state index is 12.2. The van der Waals surface area contributed by atoms with E-state index >= 15 is 0 Å². The summed E-state index contributed by atoms with van der Waals surface area (Å²) in [6, 6.07) is 16.4. The fourth-order valence-electron chi connectivity index (χ4n) is 2.82. The van der Waals surface area contributed by atoms with Crippen molar-refractivity contribution in [1.82, 2.24) is 9.88 Å². The molecule has 3 aromatic rings. The Morgan fingerprint density at radius 1 is 1.14 bits per heavy atom. The number of nitrogens with zero attached hydrogens (tertiary/aromatic N) is 1. The van der Waals surface area contributed by atoms with Gasteiger partial charge in [-0.25, -0.2) is 0 Å². The van der Waals surface area contributed by atoms with Crippen LogP contribution in [0, 0.1) is 6.92 Å². The standard InChI is InChI=1S/C19H20N2O/c1-14-6-5-7-15(10-14)12-20-19(22)11-16-13-21(2)18-9-4-3-8-17(16)18/h3-10,13H,11-12H2,1-2H3,(H,20,22). The molecule has 0 unspecified atom stereocenters. The molecule has 1 aromatic heterocycles. The largest absolute Gasteiger partial charge is 0.352 e. The van der Waals surface area contributed by atoms with E-state index in [-0.39, 0.29) is 5.91 Å². The van der Waals surface area contributed by atoms with E-state index in [4.69, 9.17) is 0 Å². The summed E-state index contributed by atoms with van der Waals surface area (Å²) >= 11 is 0. The summed E-state index contributed by atoms with van der Waals surface area (Å²) in [5.41, 5.74) is 4.57. The number of amides is 1. The van der Waals surface area contributed by atoms with E-state index in [0.717, 1.165) is 22.0 Å². The Balaban J connectivity index is 1.68. The molecule has 1 heterocycles. The second-order valence-corrected chi connectivity index (χ2v) is 5.72. The Hall–Kier alpha value is -2.55. The highest BCUT2D eigenvalue weighted by Crippen LogP contribution is 2.20. The van der Waals surface area contributed by atoms with E-state index in [2.05, 4.69) is 41.1 Å². The number of aromatic nitrogens is 1. The van der Waals surface area contributed by atoms with Crippen molar-refractivity contribution in [1.29, 1.82) is 0 Å². The third kappa shape index (κ3) is 3.03. The second-order valence-electron chi connectivity index (χ2n) is 5.72. The molecule has 1 amide bonds. The Morgan fingerprint density at radius 2 is 1.95 bits per heavy atom. The molecule has 0 bridgehead atoms. The SMILES string of the molecule is Cc1cccc(CNC(=O)Cc2cn(C)c3ccccc23)c1. The lowest BCUT2D eigenvalue weighted by atomic mass is 10.1. The van der Waals surface area contributed by atoms with E-state index in [1.54, 1.807) is 0 Å². The predicted octanol–water partition coefficient (Wildman–Crippen LogP) is 3.35. The molecule has 0 saturated carbocycles. The molecule has 3 rings (SSSR count). The van der Waals surface area contributed by atoms with Crippen LogP contribution in [0.3, 0.4) is 0 Å². The highest BCUT2D eigenvalue weighted by atomic mass is 16.1. The van der Waals surface area contributed by atoms with Crippen LogP contribution in [-0.2, 0) is 24.8 Å². The van der Waals surface area contributed by atoms with Crippen molar-refractivity contribution in [3.63, 3.8) is 0 Å². The molecule has 0 fully saturated rings. The molecule has 2 aromatic carbocycles. The second kappa shape index (κ2) is 6.06. The quantitative estimate of drug-likeness (QED) is 0.786. The van der Waals surface area contributed by atoms with E-state index in [1.165, 1.54) is 5.56 Å². The minimum absolute atomic E-state index is 0.0536. The summed E-state index contributed by atoms with van der Waals surface area (Å²) in [4.78, 5) is 12.2. The smallest absolute Gasteiger partial charge is 0.224 e. The van der Waals surface area contributed by atoms with Crippen LogP contribution in [0.25, 0.3) is 10.9 Å². The zero-order valence-electron chi connectivity index (χ0n) is 13.0. The first-order valence-electron chi connectivity index (χ1n) is 7.48. The van der Waals surface area contributed by atoms with Crippen molar-refractivity contribution in [3.05, 3.63) is 71.4 Å². The highest BCUT2D eigenvalue weighted by molar-refractivity contribution is 5.89. The first-order valence-corrected chi connectivity index (χ1v) is 7.48. The summed E-state index contributed by atoms with van der Waals surface area (Å²) in [5.74, 6) is 0.0536. The molecule has 22 heavy (non-hydrogen) atoms. The van der Waals surface area contributed by atoms with Gasteiger partial charge in [0.2, 0.25) is 5.91 Å². The average Bonchev–Trinajstić information content (AvgIpc) is 2.82. The van der Waals surface area contributed by atoms with Crippen molar-refractivity contribution in [2.24, 2.45) is 7.05 Å². The summed E-state index contributed by atoms with van der Waals surface area (Å²) in [7, 11) is 2.01. The fraction of sp³-hybridized carbons (Fsp3) is 0.211. The number of hydrogen-bond donors (Lipinski definition) is 1. The third-order valence-corrected chi connectivity index (χ3v) is 3.90. The van der Waals surface area contributed by atoms with Crippen LogP contribution in [0.5, 0.6) is 0 Å². The van der Waals surface area contributed by atoms with Gasteiger partial charge in [0.25, 0.3) is 0 Å². The van der Waals surface area contributed by atoms with E-state index in [9.17, 15) is 4.79 Å². The molecule has 0 aliphatic rings. The van der Waals surface area contributed by atoms with Crippen LogP contribution in [0.15, 0.2) is 54.7 Å². The molecule has 1 N–H and O–H groups in total. The van der Waals surface area contributed by atoms with Crippen LogP contribution in [0.4, 0.5) is 0 Å². The van der Waals surface area contributed by atoms with Gasteiger partial charge in [-0.05, 0) is 24.1 Å². The van der Waals surface area contributed by atoms with E-state index < -0.39 is 0 Å². The zero-order chi connectivity index (χ0) is 15.5. The zero-order valence-corrected chi connectivity index (χ0v) is 13.0. The molecule has 3 heteroatoms. The monoisotopic (exact) mass is 292 g/mol. The van der Waals surface area contributed by atoms with Crippen LogP contribution in [-0.4, -0.2) is 10.5 Å². The van der Waals surface area contributed by atoms with Crippen molar-refractivity contribution < 1.29 is 4.79 Å². The molecule has 0 radical (unpaired) electrons. The van der Waals surface area contributed by atoms with Gasteiger partial charge in [0.1, 0.15) is 0 Å². The highest BCUT2D eigenvalue weighted by Gasteiger charge is 2.10. The lowest BCUT2D eigenvalue weighted by Crippen LogP contribution is -2.24. The predicted molar refractivity (Wildman–Crippen MR) is 89.6 cm³/mol. The normalized spacial score (nSPS) is 10.8. The van der Waals surface area contributed by atoms with Crippen molar-refractivity contribution in [2.45, 2.75) is 19.9 Å². The van der Waals surface area contributed by atoms with Gasteiger partial charge >= 0.3 is 0 Å². The van der Waals surface area contributed by atoms with Crippen molar-refractivity contribution in [2.75, 3.05) is 0 Å². The van der Waals surface area contributed by atoms with Gasteiger partial charge in [0, 0.05) is 30.7 Å². The molecular weight excluding hydrogens is 272 g/mol. The van der Waals surface area contributed by atoms with Crippen LogP contribution < -0.4 is 5.32 Å². The summed E-state index contributed by atoms with van der Waals surface area (Å²) in [6.45, 7) is 2.63. The van der Waals surface area contributed by atoms with Crippen molar-refractivity contribution >= 4 is 16.8 Å². The Labute approximate surface area is 130 Å². The van der Waals surface area contributed by atoms with Gasteiger partial charge < -0.3 is 9.88 Å². The molecule has 112 valence electrons. The topological polar surface area (TPSA) is 34.0 Å². The maximum Gasteiger partial charge on any atom is 0.224 e. The van der Waals surface area contributed by atoms with Gasteiger partial charge in [-0.3, -0.25) is 4.79 Å². The summed E-state index contributed by atoms with van der Waals surface area (Å²) < 4.78 is 2.07. The van der Waals surface area contributed by atoms with Gasteiger partial charge in [0.05, 0.1) is 6.42 Å². The number of rotatable bonds is 4. The average molecular weight is 292 g/mol. The lowest BCUT2D eigenvalue weighted by molar-refractivity contribution is -0.120. The van der Waals surface area contributed by atoms with Gasteiger partial charge in [-0.15, -0.1) is 0 Å². The minimum atomic E-state index is 0.0536. The Morgan fingerprint density at radius 3 is 2.77 bits per heavy atom. The van der Waals surface area contributed by atoms with Gasteiger partial charge in [0.15, 0.2) is 0 Å². The molecule has 0 aliphatic heterocycles. The molecular formula is C19H20N2O. The lowest BCUT2D eigenvalue weighted by Gasteiger charge is -2.06. The van der Waals surface area contributed by atoms with Crippen molar-refractivity contribution in [3.8, 4) is 0 Å². The van der Waals surface area contributed by atoms with Crippen LogP contribution in [0.1, 0.15) is 16.7 Å². The van der Waals surface area contributed by atoms with E-state index in [0.29, 0.717) is 13.0 Å². The molecule has 0 saturated heterocycles. The first-order chi connectivity index (χ1) is 10.6. The molecule has 0 spiro atoms. The third-order valence-electron chi connectivity index (χ3n) is 3.90. The number of carbonyl (C=O) groups is 1. The molecule has 0 atom stereocenters.